The number of rotatable bonds is 3. The summed E-state index contributed by atoms with van der Waals surface area (Å²) in [6.07, 6.45) is 0. The Morgan fingerprint density at radius 2 is 2.05 bits per heavy atom. The van der Waals surface area contributed by atoms with Gasteiger partial charge < -0.3 is 11.1 Å². The molecule has 0 aliphatic heterocycles. The number of aromatic nitrogens is 2. The first kappa shape index (κ1) is 13.5. The molecule has 102 valence electrons. The normalized spacial score (nSPS) is 13.5. The fourth-order valence-electron chi connectivity index (χ4n) is 1.85. The molecule has 0 saturated heterocycles. The van der Waals surface area contributed by atoms with Gasteiger partial charge in [-0.05, 0) is 26.8 Å². The first-order valence-corrected chi connectivity index (χ1v) is 6.33. The van der Waals surface area contributed by atoms with Crippen LogP contribution in [-0.4, -0.2) is 27.3 Å². The fourth-order valence-corrected chi connectivity index (χ4v) is 1.85. The maximum atomic E-state index is 12.3. The van der Waals surface area contributed by atoms with Crippen LogP contribution >= 0.6 is 0 Å². The number of carbonyl (C=O) groups excluding carboxylic acids is 1. The Morgan fingerprint density at radius 3 is 2.68 bits per heavy atom. The predicted molar refractivity (Wildman–Crippen MR) is 75.9 cm³/mol. The topological polar surface area (TPSA) is 72.9 Å². The van der Waals surface area contributed by atoms with Crippen molar-refractivity contribution in [3.05, 3.63) is 30.0 Å². The summed E-state index contributed by atoms with van der Waals surface area (Å²) in [5.74, 6) is -0.195. The van der Waals surface area contributed by atoms with E-state index in [0.29, 0.717) is 5.69 Å². The molecule has 0 spiro atoms. The third kappa shape index (κ3) is 2.46. The van der Waals surface area contributed by atoms with Crippen LogP contribution in [0.4, 0.5) is 0 Å². The Morgan fingerprint density at radius 1 is 1.42 bits per heavy atom. The van der Waals surface area contributed by atoms with Gasteiger partial charge in [0.1, 0.15) is 0 Å². The molecule has 1 heterocycles. The van der Waals surface area contributed by atoms with Gasteiger partial charge >= 0.3 is 0 Å². The van der Waals surface area contributed by atoms with Crippen LogP contribution in [0.2, 0.25) is 0 Å². The summed E-state index contributed by atoms with van der Waals surface area (Å²) in [6.45, 7) is 5.68. The van der Waals surface area contributed by atoms with E-state index in [1.165, 1.54) is 0 Å². The molecule has 1 aromatic carbocycles. The summed E-state index contributed by atoms with van der Waals surface area (Å²) in [6, 6.07) is 7.52. The van der Waals surface area contributed by atoms with Crippen molar-refractivity contribution in [2.24, 2.45) is 12.8 Å². The van der Waals surface area contributed by atoms with Crippen LogP contribution in [0.3, 0.4) is 0 Å². The van der Waals surface area contributed by atoms with Gasteiger partial charge in [-0.25, -0.2) is 0 Å². The zero-order chi connectivity index (χ0) is 14.2. The standard InChI is InChI=1S/C14H20N4O/c1-9(15)14(2,3)16-13(19)12-10-7-5-6-8-11(10)18(4)17-12/h5-9H,15H2,1-4H3,(H,16,19). The largest absolute Gasteiger partial charge is 0.344 e. The van der Waals surface area contributed by atoms with Gasteiger partial charge in [0.2, 0.25) is 0 Å². The van der Waals surface area contributed by atoms with E-state index >= 15 is 0 Å². The molecular formula is C14H20N4O. The molecule has 0 radical (unpaired) electrons. The molecule has 5 heteroatoms. The molecule has 0 fully saturated rings. The van der Waals surface area contributed by atoms with E-state index in [1.807, 2.05) is 52.1 Å². The molecule has 0 aliphatic rings. The lowest BCUT2D eigenvalue weighted by Gasteiger charge is -2.29. The number of aryl methyl sites for hydroxylation is 1. The minimum Gasteiger partial charge on any atom is -0.344 e. The van der Waals surface area contributed by atoms with Gasteiger partial charge in [0.05, 0.1) is 5.52 Å². The molecule has 2 rings (SSSR count). The number of para-hydroxylation sites is 1. The van der Waals surface area contributed by atoms with Crippen LogP contribution in [0.1, 0.15) is 31.3 Å². The Kier molecular flexibility index (Phi) is 3.32. The smallest absolute Gasteiger partial charge is 0.272 e. The van der Waals surface area contributed by atoms with E-state index in [1.54, 1.807) is 4.68 Å². The van der Waals surface area contributed by atoms with Gasteiger partial charge in [0.25, 0.3) is 5.91 Å². The van der Waals surface area contributed by atoms with E-state index in [-0.39, 0.29) is 11.9 Å². The SMILES string of the molecule is CC(N)C(C)(C)NC(=O)c1nn(C)c2ccccc12. The van der Waals surface area contributed by atoms with Gasteiger partial charge in [-0.2, -0.15) is 5.10 Å². The molecule has 1 atom stereocenters. The lowest BCUT2D eigenvalue weighted by molar-refractivity contribution is 0.0899. The van der Waals surface area contributed by atoms with Crippen molar-refractivity contribution in [1.29, 1.82) is 0 Å². The summed E-state index contributed by atoms with van der Waals surface area (Å²) in [4.78, 5) is 12.3. The molecule has 1 aromatic heterocycles. The quantitative estimate of drug-likeness (QED) is 0.876. The second-order valence-electron chi connectivity index (χ2n) is 5.45. The maximum Gasteiger partial charge on any atom is 0.272 e. The molecule has 1 unspecified atom stereocenters. The second kappa shape index (κ2) is 4.66. The minimum atomic E-state index is -0.476. The van der Waals surface area contributed by atoms with Crippen molar-refractivity contribution >= 4 is 16.8 Å². The molecular weight excluding hydrogens is 240 g/mol. The highest BCUT2D eigenvalue weighted by Gasteiger charge is 2.27. The predicted octanol–water partition coefficient (Wildman–Crippen LogP) is 1.43. The van der Waals surface area contributed by atoms with Gasteiger partial charge in [-0.15, -0.1) is 0 Å². The number of amides is 1. The number of nitrogens with two attached hydrogens (primary N) is 1. The lowest BCUT2D eigenvalue weighted by atomic mass is 9.96. The molecule has 0 aliphatic carbocycles. The third-order valence-corrected chi connectivity index (χ3v) is 3.55. The Bertz CT molecular complexity index is 613. The fraction of sp³-hybridized carbons (Fsp3) is 0.429. The average molecular weight is 260 g/mol. The summed E-state index contributed by atoms with van der Waals surface area (Å²) >= 11 is 0. The van der Waals surface area contributed by atoms with Gasteiger partial charge in [-0.1, -0.05) is 18.2 Å². The van der Waals surface area contributed by atoms with E-state index in [0.717, 1.165) is 10.9 Å². The van der Waals surface area contributed by atoms with Crippen LogP contribution in [-0.2, 0) is 7.05 Å². The Balaban J connectivity index is 2.38. The molecule has 0 bridgehead atoms. The molecule has 5 nitrogen and oxygen atoms in total. The van der Waals surface area contributed by atoms with E-state index < -0.39 is 5.54 Å². The van der Waals surface area contributed by atoms with Crippen molar-refractivity contribution in [2.75, 3.05) is 0 Å². The molecule has 1 amide bonds. The van der Waals surface area contributed by atoms with E-state index in [2.05, 4.69) is 10.4 Å². The highest BCUT2D eigenvalue weighted by molar-refractivity contribution is 6.05. The zero-order valence-electron chi connectivity index (χ0n) is 11.8. The number of nitrogens with zero attached hydrogens (tertiary/aromatic N) is 2. The van der Waals surface area contributed by atoms with Crippen LogP contribution in [0.15, 0.2) is 24.3 Å². The number of benzene rings is 1. The first-order valence-electron chi connectivity index (χ1n) is 6.33. The third-order valence-electron chi connectivity index (χ3n) is 3.55. The highest BCUT2D eigenvalue weighted by atomic mass is 16.2. The van der Waals surface area contributed by atoms with Crippen molar-refractivity contribution in [1.82, 2.24) is 15.1 Å². The summed E-state index contributed by atoms with van der Waals surface area (Å²) in [7, 11) is 1.83. The van der Waals surface area contributed by atoms with Crippen molar-refractivity contribution < 1.29 is 4.79 Å². The molecule has 0 saturated carbocycles. The minimum absolute atomic E-state index is 0.147. The van der Waals surface area contributed by atoms with Gasteiger partial charge in [0, 0.05) is 24.0 Å². The van der Waals surface area contributed by atoms with Crippen molar-refractivity contribution in [2.45, 2.75) is 32.4 Å². The average Bonchev–Trinajstić information content (AvgIpc) is 2.67. The van der Waals surface area contributed by atoms with Crippen molar-refractivity contribution in [3.63, 3.8) is 0 Å². The summed E-state index contributed by atoms with van der Waals surface area (Å²) in [5, 5.41) is 8.08. The Labute approximate surface area is 112 Å². The van der Waals surface area contributed by atoms with E-state index in [4.69, 9.17) is 5.73 Å². The second-order valence-corrected chi connectivity index (χ2v) is 5.45. The zero-order valence-corrected chi connectivity index (χ0v) is 11.8. The first-order chi connectivity index (χ1) is 8.83. The molecule has 2 aromatic rings. The number of carbonyl (C=O) groups is 1. The number of fused-ring (bicyclic) bond motifs is 1. The van der Waals surface area contributed by atoms with Gasteiger partial charge in [0.15, 0.2) is 5.69 Å². The molecule has 19 heavy (non-hydrogen) atoms. The Hall–Kier alpha value is -1.88. The number of hydrogen-bond acceptors (Lipinski definition) is 3. The van der Waals surface area contributed by atoms with Crippen LogP contribution in [0, 0.1) is 0 Å². The number of hydrogen-bond donors (Lipinski definition) is 2. The summed E-state index contributed by atoms with van der Waals surface area (Å²) in [5.41, 5.74) is 6.77. The molecule has 3 N–H and O–H groups in total. The summed E-state index contributed by atoms with van der Waals surface area (Å²) < 4.78 is 1.71. The van der Waals surface area contributed by atoms with Crippen LogP contribution in [0.25, 0.3) is 10.9 Å². The van der Waals surface area contributed by atoms with Crippen LogP contribution < -0.4 is 11.1 Å². The lowest BCUT2D eigenvalue weighted by Crippen LogP contribution is -2.54. The van der Waals surface area contributed by atoms with Crippen LogP contribution in [0.5, 0.6) is 0 Å². The number of nitrogens with one attached hydrogen (secondary N) is 1. The maximum absolute atomic E-state index is 12.3. The van der Waals surface area contributed by atoms with Gasteiger partial charge in [-0.3, -0.25) is 9.48 Å². The highest BCUT2D eigenvalue weighted by Crippen LogP contribution is 2.18. The van der Waals surface area contributed by atoms with E-state index in [9.17, 15) is 4.79 Å². The van der Waals surface area contributed by atoms with Crippen molar-refractivity contribution in [3.8, 4) is 0 Å². The monoisotopic (exact) mass is 260 g/mol.